The molecular formula is C25H36O6. The van der Waals surface area contributed by atoms with E-state index in [0.29, 0.717) is 12.8 Å². The molecule has 0 aromatic heterocycles. The predicted octanol–water partition coefficient (Wildman–Crippen LogP) is 3.92. The van der Waals surface area contributed by atoms with Crippen LogP contribution in [0.5, 0.6) is 0 Å². The summed E-state index contributed by atoms with van der Waals surface area (Å²) in [5.41, 5.74) is 0.185. The summed E-state index contributed by atoms with van der Waals surface area (Å²) in [6, 6.07) is 0. The largest absolute Gasteiger partial charge is 0.454 e. The highest BCUT2D eigenvalue weighted by Crippen LogP contribution is 2.64. The van der Waals surface area contributed by atoms with Crippen molar-refractivity contribution >= 4 is 11.8 Å². The molecule has 0 aliphatic heterocycles. The molecule has 8 unspecified atom stereocenters. The smallest absolute Gasteiger partial charge is 0.303 e. The lowest BCUT2D eigenvalue weighted by Crippen LogP contribution is -2.55. The lowest BCUT2D eigenvalue weighted by molar-refractivity contribution is -0.357. The SMILES string of the molecule is CC(=O)OC1C(=O)CC2C3C(O)CC4=CC(OOC(C)(C)C)C=CC4(C)C3CCC12C. The molecule has 6 nitrogen and oxygen atoms in total. The Morgan fingerprint density at radius 3 is 2.55 bits per heavy atom. The van der Waals surface area contributed by atoms with Gasteiger partial charge in [0.25, 0.3) is 0 Å². The summed E-state index contributed by atoms with van der Waals surface area (Å²) in [5, 5.41) is 11.3. The van der Waals surface area contributed by atoms with E-state index in [9.17, 15) is 14.7 Å². The van der Waals surface area contributed by atoms with Crippen LogP contribution in [0.25, 0.3) is 0 Å². The first-order chi connectivity index (χ1) is 14.3. The number of carbonyl (C=O) groups is 2. The van der Waals surface area contributed by atoms with Gasteiger partial charge in [-0.25, -0.2) is 9.78 Å². The van der Waals surface area contributed by atoms with E-state index in [0.717, 1.165) is 12.8 Å². The Hall–Kier alpha value is -1.50. The Kier molecular flexibility index (Phi) is 5.51. The Morgan fingerprint density at radius 1 is 1.19 bits per heavy atom. The Bertz CT molecular complexity index is 822. The van der Waals surface area contributed by atoms with Gasteiger partial charge < -0.3 is 9.84 Å². The van der Waals surface area contributed by atoms with E-state index < -0.39 is 29.2 Å². The van der Waals surface area contributed by atoms with Crippen molar-refractivity contribution in [1.29, 1.82) is 0 Å². The van der Waals surface area contributed by atoms with E-state index in [-0.39, 0.29) is 35.1 Å². The summed E-state index contributed by atoms with van der Waals surface area (Å²) in [4.78, 5) is 35.6. The average Bonchev–Trinajstić information content (AvgIpc) is 2.90. The van der Waals surface area contributed by atoms with E-state index in [1.54, 1.807) is 0 Å². The van der Waals surface area contributed by atoms with Crippen molar-refractivity contribution in [2.45, 2.75) is 91.1 Å². The summed E-state index contributed by atoms with van der Waals surface area (Å²) < 4.78 is 5.49. The van der Waals surface area contributed by atoms with E-state index in [2.05, 4.69) is 26.0 Å². The zero-order valence-electron chi connectivity index (χ0n) is 19.5. The van der Waals surface area contributed by atoms with Gasteiger partial charge in [0, 0.05) is 24.2 Å². The first kappa shape index (κ1) is 22.7. The fourth-order valence-corrected chi connectivity index (χ4v) is 6.66. The highest BCUT2D eigenvalue weighted by molar-refractivity contribution is 5.89. The number of ether oxygens (including phenoxy) is 1. The van der Waals surface area contributed by atoms with Crippen molar-refractivity contribution in [3.63, 3.8) is 0 Å². The van der Waals surface area contributed by atoms with Gasteiger partial charge in [-0.15, -0.1) is 0 Å². The minimum atomic E-state index is -0.692. The van der Waals surface area contributed by atoms with E-state index in [4.69, 9.17) is 14.5 Å². The number of rotatable bonds is 3. The zero-order chi connectivity index (χ0) is 22.8. The van der Waals surface area contributed by atoms with Gasteiger partial charge in [-0.3, -0.25) is 9.59 Å². The van der Waals surface area contributed by atoms with Gasteiger partial charge in [-0.1, -0.05) is 31.6 Å². The van der Waals surface area contributed by atoms with Crippen LogP contribution in [0, 0.1) is 28.6 Å². The number of allylic oxidation sites excluding steroid dienone is 1. The molecule has 4 aliphatic rings. The summed E-state index contributed by atoms with van der Waals surface area (Å²) >= 11 is 0. The molecule has 0 amide bonds. The number of hydrogen-bond acceptors (Lipinski definition) is 6. The highest BCUT2D eigenvalue weighted by atomic mass is 17.2. The number of hydrogen-bond donors (Lipinski definition) is 1. The maximum Gasteiger partial charge on any atom is 0.303 e. The molecule has 0 aromatic carbocycles. The second kappa shape index (κ2) is 7.53. The predicted molar refractivity (Wildman–Crippen MR) is 115 cm³/mol. The van der Waals surface area contributed by atoms with Crippen LogP contribution in [-0.2, 0) is 24.1 Å². The molecule has 6 heteroatoms. The normalized spacial score (nSPS) is 44.2. The molecular weight excluding hydrogens is 396 g/mol. The van der Waals surface area contributed by atoms with Gasteiger partial charge in [0.15, 0.2) is 11.9 Å². The van der Waals surface area contributed by atoms with Gasteiger partial charge in [-0.05, 0) is 63.9 Å². The Morgan fingerprint density at radius 2 is 1.90 bits per heavy atom. The first-order valence-corrected chi connectivity index (χ1v) is 11.5. The third kappa shape index (κ3) is 3.81. The van der Waals surface area contributed by atoms with Crippen molar-refractivity contribution in [2.75, 3.05) is 0 Å². The van der Waals surface area contributed by atoms with E-state index in [1.807, 2.05) is 26.8 Å². The lowest BCUT2D eigenvalue weighted by atomic mass is 9.47. The molecule has 0 aromatic rings. The van der Waals surface area contributed by atoms with Gasteiger partial charge in [0.1, 0.15) is 6.10 Å². The molecule has 4 aliphatic carbocycles. The summed E-state index contributed by atoms with van der Waals surface area (Å²) in [7, 11) is 0. The van der Waals surface area contributed by atoms with Crippen LogP contribution < -0.4 is 0 Å². The monoisotopic (exact) mass is 432 g/mol. The fraction of sp³-hybridized carbons (Fsp3) is 0.760. The third-order valence-electron chi connectivity index (χ3n) is 8.11. The first-order valence-electron chi connectivity index (χ1n) is 11.5. The molecule has 0 bridgehead atoms. The minimum absolute atomic E-state index is 0.00153. The number of carbonyl (C=O) groups excluding carboxylic acids is 2. The van der Waals surface area contributed by atoms with Crippen molar-refractivity contribution in [1.82, 2.24) is 0 Å². The fourth-order valence-electron chi connectivity index (χ4n) is 6.66. The topological polar surface area (TPSA) is 82.1 Å². The molecule has 3 fully saturated rings. The number of fused-ring (bicyclic) bond motifs is 5. The Labute approximate surface area is 184 Å². The number of aliphatic hydroxyl groups is 1. The van der Waals surface area contributed by atoms with Crippen molar-refractivity contribution in [3.05, 3.63) is 23.8 Å². The van der Waals surface area contributed by atoms with Crippen LogP contribution in [0.3, 0.4) is 0 Å². The summed E-state index contributed by atoms with van der Waals surface area (Å²) in [5.74, 6) is -0.178. The molecule has 0 saturated heterocycles. The van der Waals surface area contributed by atoms with Crippen LogP contribution in [0.15, 0.2) is 23.8 Å². The van der Waals surface area contributed by atoms with Crippen LogP contribution in [0.4, 0.5) is 0 Å². The van der Waals surface area contributed by atoms with Crippen LogP contribution in [0.1, 0.15) is 67.2 Å². The van der Waals surface area contributed by atoms with Crippen molar-refractivity contribution < 1.29 is 29.2 Å². The zero-order valence-corrected chi connectivity index (χ0v) is 19.5. The maximum atomic E-state index is 12.8. The quantitative estimate of drug-likeness (QED) is 0.315. The molecule has 31 heavy (non-hydrogen) atoms. The molecule has 0 spiro atoms. The average molecular weight is 433 g/mol. The number of esters is 1. The molecule has 3 saturated carbocycles. The molecule has 0 radical (unpaired) electrons. The number of aliphatic hydroxyl groups excluding tert-OH is 1. The standard InChI is InChI=1S/C25H36O6/c1-14(26)29-22-20(28)13-18-21-17(8-10-25(18,22)6)24(5)9-7-16(30-31-23(2,3)4)11-15(24)12-19(21)27/h7,9,11,16-19,21-22,27H,8,10,12-13H2,1-6H3. The highest BCUT2D eigenvalue weighted by Gasteiger charge is 2.64. The number of Topliss-reactive ketones (excluding diaryl/α,β-unsaturated/α-hetero) is 1. The Balaban J connectivity index is 1.59. The molecule has 4 rings (SSSR count). The second-order valence-corrected chi connectivity index (χ2v) is 11.4. The van der Waals surface area contributed by atoms with Crippen LogP contribution in [0.2, 0.25) is 0 Å². The van der Waals surface area contributed by atoms with Gasteiger partial charge >= 0.3 is 5.97 Å². The third-order valence-corrected chi connectivity index (χ3v) is 8.11. The van der Waals surface area contributed by atoms with Crippen molar-refractivity contribution in [2.24, 2.45) is 28.6 Å². The molecule has 0 heterocycles. The van der Waals surface area contributed by atoms with Crippen molar-refractivity contribution in [3.8, 4) is 0 Å². The molecule has 8 atom stereocenters. The maximum absolute atomic E-state index is 12.8. The van der Waals surface area contributed by atoms with E-state index in [1.165, 1.54) is 12.5 Å². The summed E-state index contributed by atoms with van der Waals surface area (Å²) in [6.07, 6.45) is 7.44. The van der Waals surface area contributed by atoms with Gasteiger partial charge in [0.05, 0.1) is 11.7 Å². The van der Waals surface area contributed by atoms with Gasteiger partial charge in [0.2, 0.25) is 0 Å². The second-order valence-electron chi connectivity index (χ2n) is 11.4. The molecule has 1 N–H and O–H groups in total. The number of ketones is 1. The van der Waals surface area contributed by atoms with Crippen LogP contribution in [-0.4, -0.2) is 40.8 Å². The minimum Gasteiger partial charge on any atom is -0.454 e. The lowest BCUT2D eigenvalue weighted by Gasteiger charge is -2.58. The van der Waals surface area contributed by atoms with Gasteiger partial charge in [-0.2, -0.15) is 0 Å². The summed E-state index contributed by atoms with van der Waals surface area (Å²) in [6.45, 7) is 11.5. The van der Waals surface area contributed by atoms with E-state index >= 15 is 0 Å². The molecule has 172 valence electrons. The van der Waals surface area contributed by atoms with Crippen LogP contribution >= 0.6 is 0 Å².